The Bertz CT molecular complexity index is 276. The fraction of sp³-hybridized carbons (Fsp3) is 0.933. The molecule has 0 bridgehead atoms. The normalized spacial score (nSPS) is 18.6. The average Bonchev–Trinajstić information content (AvgIpc) is 2.44. The van der Waals surface area contributed by atoms with Crippen molar-refractivity contribution in [1.29, 1.82) is 0 Å². The van der Waals surface area contributed by atoms with Crippen molar-refractivity contribution in [1.82, 2.24) is 4.90 Å². The Morgan fingerprint density at radius 1 is 1.40 bits per heavy atom. The molecule has 1 heterocycles. The minimum atomic E-state index is 0.0620. The lowest BCUT2D eigenvalue weighted by atomic mass is 9.93. The Morgan fingerprint density at radius 2 is 2.05 bits per heavy atom. The van der Waals surface area contributed by atoms with Crippen molar-refractivity contribution < 1.29 is 14.6 Å². The fourth-order valence-electron chi connectivity index (χ4n) is 2.80. The number of nitrogens with two attached hydrogens (primary N) is 1. The maximum absolute atomic E-state index is 12.3. The summed E-state index contributed by atoms with van der Waals surface area (Å²) in [5.41, 5.74) is 5.76. The second-order valence-electron chi connectivity index (χ2n) is 6.11. The predicted molar refractivity (Wildman–Crippen MR) is 79.3 cm³/mol. The van der Waals surface area contributed by atoms with Crippen molar-refractivity contribution in [3.63, 3.8) is 0 Å². The molecule has 1 rings (SSSR count). The number of hydrogen-bond donors (Lipinski definition) is 2. The summed E-state index contributed by atoms with van der Waals surface area (Å²) in [6.45, 7) is 6.88. The molecule has 0 saturated carbocycles. The summed E-state index contributed by atoms with van der Waals surface area (Å²) in [7, 11) is 0. The van der Waals surface area contributed by atoms with Crippen molar-refractivity contribution >= 4 is 5.91 Å². The molecule has 1 amide bonds. The van der Waals surface area contributed by atoms with Gasteiger partial charge in [0.1, 0.15) is 0 Å². The van der Waals surface area contributed by atoms with E-state index in [-0.39, 0.29) is 18.6 Å². The number of carbonyl (C=O) groups excluding carboxylic acids is 1. The van der Waals surface area contributed by atoms with Crippen LogP contribution in [0.3, 0.4) is 0 Å². The topological polar surface area (TPSA) is 75.8 Å². The van der Waals surface area contributed by atoms with Crippen molar-refractivity contribution in [3.05, 3.63) is 0 Å². The number of aliphatic hydroxyl groups is 1. The third-order valence-electron chi connectivity index (χ3n) is 3.84. The monoisotopic (exact) mass is 286 g/mol. The molecule has 0 radical (unpaired) electrons. The van der Waals surface area contributed by atoms with E-state index >= 15 is 0 Å². The van der Waals surface area contributed by atoms with E-state index in [0.717, 1.165) is 32.4 Å². The molecule has 1 saturated heterocycles. The van der Waals surface area contributed by atoms with Crippen LogP contribution >= 0.6 is 0 Å². The van der Waals surface area contributed by atoms with Crippen LogP contribution in [-0.2, 0) is 9.53 Å². The highest BCUT2D eigenvalue weighted by Gasteiger charge is 2.24. The first-order valence-electron chi connectivity index (χ1n) is 7.77. The second kappa shape index (κ2) is 9.32. The summed E-state index contributed by atoms with van der Waals surface area (Å²) in [6, 6.07) is 0. The maximum Gasteiger partial charge on any atom is 0.222 e. The minimum Gasteiger partial charge on any atom is -0.394 e. The molecule has 0 aromatic rings. The summed E-state index contributed by atoms with van der Waals surface area (Å²) in [5.74, 6) is 1.10. The SMILES string of the molecule is CC(C)CC(CN)CC(=O)N1CCC(OCCO)CC1. The van der Waals surface area contributed by atoms with Gasteiger partial charge in [0.25, 0.3) is 0 Å². The molecule has 3 N–H and O–H groups in total. The van der Waals surface area contributed by atoms with Gasteiger partial charge in [0.2, 0.25) is 5.91 Å². The van der Waals surface area contributed by atoms with E-state index in [9.17, 15) is 4.79 Å². The molecule has 0 spiro atoms. The Balaban J connectivity index is 2.31. The van der Waals surface area contributed by atoms with Crippen LogP contribution in [0.5, 0.6) is 0 Å². The average molecular weight is 286 g/mol. The van der Waals surface area contributed by atoms with Gasteiger partial charge in [-0.1, -0.05) is 13.8 Å². The minimum absolute atomic E-state index is 0.0620. The molecule has 5 heteroatoms. The van der Waals surface area contributed by atoms with Gasteiger partial charge in [-0.05, 0) is 37.6 Å². The maximum atomic E-state index is 12.3. The van der Waals surface area contributed by atoms with Crippen LogP contribution in [0.4, 0.5) is 0 Å². The van der Waals surface area contributed by atoms with Crippen LogP contribution in [0.1, 0.15) is 39.5 Å². The molecule has 20 heavy (non-hydrogen) atoms. The van der Waals surface area contributed by atoms with E-state index < -0.39 is 0 Å². The van der Waals surface area contributed by atoms with E-state index in [1.807, 2.05) is 4.90 Å². The van der Waals surface area contributed by atoms with Gasteiger partial charge in [0.15, 0.2) is 0 Å². The van der Waals surface area contributed by atoms with Gasteiger partial charge < -0.3 is 20.5 Å². The molecule has 5 nitrogen and oxygen atoms in total. The number of rotatable bonds is 8. The van der Waals surface area contributed by atoms with Crippen LogP contribution < -0.4 is 5.73 Å². The van der Waals surface area contributed by atoms with E-state index in [2.05, 4.69) is 13.8 Å². The molecule has 0 aromatic carbocycles. The molecule has 0 aliphatic carbocycles. The predicted octanol–water partition coefficient (Wildman–Crippen LogP) is 0.997. The molecule has 1 aliphatic rings. The highest BCUT2D eigenvalue weighted by molar-refractivity contribution is 5.76. The van der Waals surface area contributed by atoms with Gasteiger partial charge in [-0.2, -0.15) is 0 Å². The zero-order valence-corrected chi connectivity index (χ0v) is 12.9. The Labute approximate surface area is 122 Å². The van der Waals surface area contributed by atoms with Crippen molar-refractivity contribution in [2.75, 3.05) is 32.8 Å². The molecular formula is C15H30N2O3. The summed E-state index contributed by atoms with van der Waals surface area (Å²) in [6.07, 6.45) is 3.49. The second-order valence-corrected chi connectivity index (χ2v) is 6.11. The van der Waals surface area contributed by atoms with Crippen LogP contribution in [-0.4, -0.2) is 54.9 Å². The number of amides is 1. The van der Waals surface area contributed by atoms with E-state index in [1.54, 1.807) is 0 Å². The zero-order chi connectivity index (χ0) is 15.0. The highest BCUT2D eigenvalue weighted by Crippen LogP contribution is 2.19. The van der Waals surface area contributed by atoms with E-state index in [4.69, 9.17) is 15.6 Å². The number of piperidine rings is 1. The van der Waals surface area contributed by atoms with E-state index in [1.165, 1.54) is 0 Å². The first-order valence-corrected chi connectivity index (χ1v) is 7.77. The van der Waals surface area contributed by atoms with Gasteiger partial charge in [-0.25, -0.2) is 0 Å². The Kier molecular flexibility index (Phi) is 8.11. The van der Waals surface area contributed by atoms with Gasteiger partial charge in [0, 0.05) is 19.5 Å². The van der Waals surface area contributed by atoms with E-state index in [0.29, 0.717) is 31.4 Å². The summed E-state index contributed by atoms with van der Waals surface area (Å²) < 4.78 is 5.51. The third-order valence-corrected chi connectivity index (χ3v) is 3.84. The van der Waals surface area contributed by atoms with Gasteiger partial charge in [-0.15, -0.1) is 0 Å². The highest BCUT2D eigenvalue weighted by atomic mass is 16.5. The number of aliphatic hydroxyl groups excluding tert-OH is 1. The molecule has 1 aliphatic heterocycles. The first-order chi connectivity index (χ1) is 9.56. The molecule has 1 atom stereocenters. The van der Waals surface area contributed by atoms with Crippen LogP contribution in [0, 0.1) is 11.8 Å². The van der Waals surface area contributed by atoms with Gasteiger partial charge in [-0.3, -0.25) is 4.79 Å². The third kappa shape index (κ3) is 6.20. The van der Waals surface area contributed by atoms with Gasteiger partial charge >= 0.3 is 0 Å². The molecule has 1 unspecified atom stereocenters. The fourth-order valence-corrected chi connectivity index (χ4v) is 2.80. The quantitative estimate of drug-likeness (QED) is 0.698. The Morgan fingerprint density at radius 3 is 2.55 bits per heavy atom. The Hall–Kier alpha value is -0.650. The molecule has 118 valence electrons. The van der Waals surface area contributed by atoms with Crippen molar-refractivity contribution in [2.45, 2.75) is 45.6 Å². The van der Waals surface area contributed by atoms with Crippen LogP contribution in [0.25, 0.3) is 0 Å². The number of nitrogens with zero attached hydrogens (tertiary/aromatic N) is 1. The van der Waals surface area contributed by atoms with Crippen molar-refractivity contribution in [2.24, 2.45) is 17.6 Å². The molecule has 0 aromatic heterocycles. The standard InChI is InChI=1S/C15H30N2O3/c1-12(2)9-13(11-16)10-15(19)17-5-3-14(4-6-17)20-8-7-18/h12-14,18H,3-11,16H2,1-2H3. The molecular weight excluding hydrogens is 256 g/mol. The van der Waals surface area contributed by atoms with Gasteiger partial charge in [0.05, 0.1) is 19.3 Å². The molecule has 1 fully saturated rings. The summed E-state index contributed by atoms with van der Waals surface area (Å²) in [4.78, 5) is 14.2. The summed E-state index contributed by atoms with van der Waals surface area (Å²) in [5, 5.41) is 8.73. The zero-order valence-electron chi connectivity index (χ0n) is 12.9. The lowest BCUT2D eigenvalue weighted by molar-refractivity contribution is -0.135. The summed E-state index contributed by atoms with van der Waals surface area (Å²) >= 11 is 0. The number of carbonyl (C=O) groups is 1. The van der Waals surface area contributed by atoms with Crippen LogP contribution in [0.15, 0.2) is 0 Å². The first kappa shape index (κ1) is 17.4. The lowest BCUT2D eigenvalue weighted by Gasteiger charge is -2.33. The van der Waals surface area contributed by atoms with Crippen molar-refractivity contribution in [3.8, 4) is 0 Å². The number of hydrogen-bond acceptors (Lipinski definition) is 4. The number of likely N-dealkylation sites (tertiary alicyclic amines) is 1. The lowest BCUT2D eigenvalue weighted by Crippen LogP contribution is -2.42. The largest absolute Gasteiger partial charge is 0.394 e. The number of ether oxygens (including phenoxy) is 1. The smallest absolute Gasteiger partial charge is 0.222 e. The van der Waals surface area contributed by atoms with Crippen LogP contribution in [0.2, 0.25) is 0 Å².